The van der Waals surface area contributed by atoms with Crippen molar-refractivity contribution in [1.82, 2.24) is 5.01 Å². The highest BCUT2D eigenvalue weighted by atomic mass is 35.5. The number of halogens is 1. The SMILES string of the molecule is CCOC(=O)C1=NN(C(=O)COc2ccccc2)[C@](O)(c2ccc(Cl)cc2)C1. The number of hydrogen-bond donors (Lipinski definition) is 1. The molecule has 1 N–H and O–H groups in total. The van der Waals surface area contributed by atoms with Crippen molar-refractivity contribution in [3.05, 3.63) is 65.2 Å². The lowest BCUT2D eigenvalue weighted by Crippen LogP contribution is -2.45. The quantitative estimate of drug-likeness (QED) is 0.750. The number of carbonyl (C=O) groups is 2. The largest absolute Gasteiger partial charge is 0.484 e. The van der Waals surface area contributed by atoms with Gasteiger partial charge in [-0.15, -0.1) is 0 Å². The van der Waals surface area contributed by atoms with Crippen LogP contribution in [0.4, 0.5) is 0 Å². The second-order valence-electron chi connectivity index (χ2n) is 6.07. The van der Waals surface area contributed by atoms with Gasteiger partial charge in [0.25, 0.3) is 5.91 Å². The first-order valence-electron chi connectivity index (χ1n) is 8.68. The van der Waals surface area contributed by atoms with E-state index in [0.717, 1.165) is 5.01 Å². The summed E-state index contributed by atoms with van der Waals surface area (Å²) in [4.78, 5) is 24.9. The van der Waals surface area contributed by atoms with Crippen LogP contribution >= 0.6 is 11.6 Å². The number of hydrogen-bond acceptors (Lipinski definition) is 6. The fraction of sp³-hybridized carbons (Fsp3) is 0.250. The van der Waals surface area contributed by atoms with Crippen molar-refractivity contribution in [2.24, 2.45) is 5.10 Å². The maximum atomic E-state index is 12.8. The van der Waals surface area contributed by atoms with Crippen LogP contribution in [0.1, 0.15) is 18.9 Å². The number of hydrazone groups is 1. The second kappa shape index (κ2) is 8.41. The van der Waals surface area contributed by atoms with Gasteiger partial charge in [0.2, 0.25) is 0 Å². The van der Waals surface area contributed by atoms with Crippen molar-refractivity contribution in [3.63, 3.8) is 0 Å². The fourth-order valence-electron chi connectivity index (χ4n) is 2.80. The Hall–Kier alpha value is -2.90. The predicted octanol–water partition coefficient (Wildman–Crippen LogP) is 2.72. The van der Waals surface area contributed by atoms with Gasteiger partial charge < -0.3 is 14.6 Å². The second-order valence-corrected chi connectivity index (χ2v) is 6.51. The summed E-state index contributed by atoms with van der Waals surface area (Å²) < 4.78 is 10.4. The maximum absolute atomic E-state index is 12.8. The molecule has 1 atom stereocenters. The van der Waals surface area contributed by atoms with Gasteiger partial charge in [-0.25, -0.2) is 4.79 Å². The van der Waals surface area contributed by atoms with Crippen LogP contribution in [0.25, 0.3) is 0 Å². The Morgan fingerprint density at radius 1 is 1.18 bits per heavy atom. The minimum absolute atomic E-state index is 0.0487. The Balaban J connectivity index is 1.86. The van der Waals surface area contributed by atoms with Gasteiger partial charge in [0.15, 0.2) is 18.0 Å². The summed E-state index contributed by atoms with van der Waals surface area (Å²) in [6, 6.07) is 15.1. The molecule has 2 aromatic rings. The molecule has 0 fully saturated rings. The average Bonchev–Trinajstić information content (AvgIpc) is 3.06. The number of rotatable bonds is 6. The standard InChI is InChI=1S/C20H19ClN2O5/c1-2-27-19(25)17-12-20(26,14-8-10-15(21)11-9-14)23(22-17)18(24)13-28-16-6-4-3-5-7-16/h3-11,26H,2,12-13H2,1H3/t20-/m1/s1. The average molecular weight is 403 g/mol. The Bertz CT molecular complexity index is 885. The first kappa shape index (κ1) is 19.9. The van der Waals surface area contributed by atoms with Crippen LogP contribution in [0, 0.1) is 0 Å². The summed E-state index contributed by atoms with van der Waals surface area (Å²) in [7, 11) is 0. The highest BCUT2D eigenvalue weighted by Crippen LogP contribution is 2.36. The van der Waals surface area contributed by atoms with Crippen molar-refractivity contribution in [2.75, 3.05) is 13.2 Å². The van der Waals surface area contributed by atoms with Crippen LogP contribution in [-0.4, -0.2) is 40.9 Å². The number of carbonyl (C=O) groups excluding carboxylic acids is 2. The minimum atomic E-state index is -1.84. The summed E-state index contributed by atoms with van der Waals surface area (Å²) >= 11 is 5.92. The lowest BCUT2D eigenvalue weighted by atomic mass is 9.97. The Kier molecular flexibility index (Phi) is 5.96. The van der Waals surface area contributed by atoms with Gasteiger partial charge in [-0.2, -0.15) is 10.1 Å². The van der Waals surface area contributed by atoms with Crippen LogP contribution in [0.5, 0.6) is 5.75 Å². The molecule has 1 aliphatic rings. The molecule has 0 saturated carbocycles. The molecule has 0 saturated heterocycles. The van der Waals surface area contributed by atoms with Crippen molar-refractivity contribution >= 4 is 29.2 Å². The molecular formula is C20H19ClN2O5. The van der Waals surface area contributed by atoms with E-state index in [4.69, 9.17) is 21.1 Å². The molecule has 2 aromatic carbocycles. The van der Waals surface area contributed by atoms with E-state index in [1.165, 1.54) is 0 Å². The smallest absolute Gasteiger partial charge is 0.354 e. The van der Waals surface area contributed by atoms with Crippen molar-refractivity contribution < 1.29 is 24.2 Å². The Morgan fingerprint density at radius 3 is 2.50 bits per heavy atom. The number of nitrogens with zero attached hydrogens (tertiary/aromatic N) is 2. The summed E-state index contributed by atoms with van der Waals surface area (Å²) in [6.07, 6.45) is -0.204. The van der Waals surface area contributed by atoms with Crippen molar-refractivity contribution in [3.8, 4) is 5.75 Å². The van der Waals surface area contributed by atoms with Crippen molar-refractivity contribution in [2.45, 2.75) is 19.1 Å². The van der Waals surface area contributed by atoms with Gasteiger partial charge in [-0.1, -0.05) is 41.9 Å². The number of para-hydroxylation sites is 1. The number of aliphatic hydroxyl groups is 1. The van der Waals surface area contributed by atoms with Crippen molar-refractivity contribution in [1.29, 1.82) is 0 Å². The molecule has 1 heterocycles. The van der Waals surface area contributed by atoms with Gasteiger partial charge in [-0.05, 0) is 31.2 Å². The van der Waals surface area contributed by atoms with Crippen LogP contribution in [0.2, 0.25) is 5.02 Å². The molecule has 146 valence electrons. The number of amides is 1. The lowest BCUT2D eigenvalue weighted by molar-refractivity contribution is -0.160. The molecule has 3 rings (SSSR count). The minimum Gasteiger partial charge on any atom is -0.484 e. The zero-order valence-corrected chi connectivity index (χ0v) is 15.9. The third-order valence-corrected chi connectivity index (χ3v) is 4.40. The highest BCUT2D eigenvalue weighted by molar-refractivity contribution is 6.37. The molecular weight excluding hydrogens is 384 g/mol. The molecule has 1 aliphatic heterocycles. The maximum Gasteiger partial charge on any atom is 0.354 e. The molecule has 0 spiro atoms. The molecule has 0 aliphatic carbocycles. The van der Waals surface area contributed by atoms with Gasteiger partial charge in [0.05, 0.1) is 13.0 Å². The zero-order chi connectivity index (χ0) is 20.1. The molecule has 0 aromatic heterocycles. The third-order valence-electron chi connectivity index (χ3n) is 4.14. The predicted molar refractivity (Wildman–Crippen MR) is 103 cm³/mol. The van der Waals surface area contributed by atoms with E-state index in [2.05, 4.69) is 5.10 Å². The number of esters is 1. The summed E-state index contributed by atoms with van der Waals surface area (Å²) in [5, 5.41) is 16.6. The van der Waals surface area contributed by atoms with E-state index < -0.39 is 17.6 Å². The third kappa shape index (κ3) is 4.16. The molecule has 0 bridgehead atoms. The van der Waals surface area contributed by atoms with E-state index in [0.29, 0.717) is 16.3 Å². The topological polar surface area (TPSA) is 88.4 Å². The van der Waals surface area contributed by atoms with Crippen LogP contribution in [0.15, 0.2) is 59.7 Å². The van der Waals surface area contributed by atoms with Gasteiger partial charge in [0, 0.05) is 10.6 Å². The molecule has 28 heavy (non-hydrogen) atoms. The molecule has 0 unspecified atom stereocenters. The normalized spacial score (nSPS) is 18.5. The first-order valence-corrected chi connectivity index (χ1v) is 9.06. The van der Waals surface area contributed by atoms with E-state index >= 15 is 0 Å². The number of ether oxygens (including phenoxy) is 2. The summed E-state index contributed by atoms with van der Waals surface area (Å²) in [5.74, 6) is -0.797. The monoisotopic (exact) mass is 402 g/mol. The van der Waals surface area contributed by atoms with Crippen LogP contribution in [0.3, 0.4) is 0 Å². The summed E-state index contributed by atoms with van der Waals surface area (Å²) in [6.45, 7) is 1.46. The molecule has 1 amide bonds. The van der Waals surface area contributed by atoms with E-state index in [1.807, 2.05) is 6.07 Å². The number of benzene rings is 2. The molecule has 7 nitrogen and oxygen atoms in total. The molecule has 0 radical (unpaired) electrons. The van der Waals surface area contributed by atoms with E-state index in [1.54, 1.807) is 55.5 Å². The van der Waals surface area contributed by atoms with Gasteiger partial charge in [0.1, 0.15) is 5.75 Å². The Morgan fingerprint density at radius 2 is 1.86 bits per heavy atom. The molecule has 8 heteroatoms. The van der Waals surface area contributed by atoms with Gasteiger partial charge >= 0.3 is 5.97 Å². The van der Waals surface area contributed by atoms with Crippen LogP contribution in [-0.2, 0) is 20.1 Å². The van der Waals surface area contributed by atoms with E-state index in [9.17, 15) is 14.7 Å². The lowest BCUT2D eigenvalue weighted by Gasteiger charge is -2.31. The van der Waals surface area contributed by atoms with Gasteiger partial charge in [-0.3, -0.25) is 4.79 Å². The van der Waals surface area contributed by atoms with Crippen LogP contribution < -0.4 is 4.74 Å². The first-order chi connectivity index (χ1) is 13.4. The fourth-order valence-corrected chi connectivity index (χ4v) is 2.93. The highest BCUT2D eigenvalue weighted by Gasteiger charge is 2.48. The Labute approximate surface area is 167 Å². The van der Waals surface area contributed by atoms with E-state index in [-0.39, 0.29) is 25.3 Å². The summed E-state index contributed by atoms with van der Waals surface area (Å²) in [5.41, 5.74) is -1.52. The zero-order valence-electron chi connectivity index (χ0n) is 15.2.